The number of anilines is 1. The standard InChI is InChI=1S/C16H13Cl2N3S/c1-9-8-10(17)2-3-12(9)21-16-11(6-7-19-16)15(20-21)13-4-5-14(18)22-13/h2-5,8,19H,6-7H2,1H3. The van der Waals surface area contributed by atoms with Gasteiger partial charge < -0.3 is 5.32 Å². The lowest BCUT2D eigenvalue weighted by molar-refractivity contribution is 0.876. The molecule has 1 aliphatic heterocycles. The summed E-state index contributed by atoms with van der Waals surface area (Å²) >= 11 is 13.7. The van der Waals surface area contributed by atoms with Crippen LogP contribution < -0.4 is 5.32 Å². The smallest absolute Gasteiger partial charge is 0.133 e. The van der Waals surface area contributed by atoms with E-state index in [9.17, 15) is 0 Å². The van der Waals surface area contributed by atoms with E-state index < -0.39 is 0 Å². The highest BCUT2D eigenvalue weighted by Gasteiger charge is 2.25. The number of rotatable bonds is 2. The lowest BCUT2D eigenvalue weighted by atomic mass is 10.2. The first-order chi connectivity index (χ1) is 10.6. The van der Waals surface area contributed by atoms with Crippen LogP contribution in [0.1, 0.15) is 11.1 Å². The van der Waals surface area contributed by atoms with Crippen LogP contribution in [0.25, 0.3) is 16.3 Å². The number of nitrogens with one attached hydrogen (secondary N) is 1. The van der Waals surface area contributed by atoms with Gasteiger partial charge in [-0.05, 0) is 49.2 Å². The van der Waals surface area contributed by atoms with Crippen LogP contribution in [0.15, 0.2) is 30.3 Å². The summed E-state index contributed by atoms with van der Waals surface area (Å²) in [6, 6.07) is 9.82. The molecule has 0 fully saturated rings. The molecule has 3 aromatic rings. The fourth-order valence-electron chi connectivity index (χ4n) is 2.85. The molecule has 0 radical (unpaired) electrons. The molecule has 0 saturated carbocycles. The molecule has 0 aliphatic carbocycles. The first-order valence-electron chi connectivity index (χ1n) is 7.01. The van der Waals surface area contributed by atoms with Crippen LogP contribution >= 0.6 is 34.5 Å². The molecule has 0 bridgehead atoms. The highest BCUT2D eigenvalue weighted by atomic mass is 35.5. The van der Waals surface area contributed by atoms with Crippen molar-refractivity contribution in [3.8, 4) is 16.3 Å². The monoisotopic (exact) mass is 349 g/mol. The van der Waals surface area contributed by atoms with Gasteiger partial charge in [0.1, 0.15) is 11.5 Å². The van der Waals surface area contributed by atoms with Crippen LogP contribution in [0.3, 0.4) is 0 Å². The molecule has 0 atom stereocenters. The maximum atomic E-state index is 6.08. The van der Waals surface area contributed by atoms with Gasteiger partial charge in [-0.15, -0.1) is 11.3 Å². The Morgan fingerprint density at radius 1 is 1.23 bits per heavy atom. The number of hydrogen-bond donors (Lipinski definition) is 1. The second kappa shape index (κ2) is 5.30. The molecule has 22 heavy (non-hydrogen) atoms. The van der Waals surface area contributed by atoms with Gasteiger partial charge in [-0.2, -0.15) is 5.10 Å². The highest BCUT2D eigenvalue weighted by Crippen LogP contribution is 2.39. The van der Waals surface area contributed by atoms with Crippen LogP contribution in [-0.4, -0.2) is 16.3 Å². The van der Waals surface area contributed by atoms with Crippen molar-refractivity contribution in [3.05, 3.63) is 50.8 Å². The highest BCUT2D eigenvalue weighted by molar-refractivity contribution is 7.19. The second-order valence-electron chi connectivity index (χ2n) is 5.30. The van der Waals surface area contributed by atoms with Crippen LogP contribution in [-0.2, 0) is 6.42 Å². The lowest BCUT2D eigenvalue weighted by Crippen LogP contribution is -2.05. The molecule has 2 aromatic heterocycles. The van der Waals surface area contributed by atoms with Gasteiger partial charge in [0.25, 0.3) is 0 Å². The van der Waals surface area contributed by atoms with E-state index in [1.165, 1.54) is 5.56 Å². The minimum atomic E-state index is 0.739. The molecular formula is C16H13Cl2N3S. The quantitative estimate of drug-likeness (QED) is 0.690. The third-order valence-electron chi connectivity index (χ3n) is 3.84. The summed E-state index contributed by atoms with van der Waals surface area (Å²) in [5, 5.41) is 9.02. The average molecular weight is 350 g/mol. The van der Waals surface area contributed by atoms with Crippen molar-refractivity contribution in [2.75, 3.05) is 11.9 Å². The molecule has 1 aromatic carbocycles. The fraction of sp³-hybridized carbons (Fsp3) is 0.188. The largest absolute Gasteiger partial charge is 0.369 e. The van der Waals surface area contributed by atoms with E-state index >= 15 is 0 Å². The summed E-state index contributed by atoms with van der Waals surface area (Å²) < 4.78 is 2.77. The van der Waals surface area contributed by atoms with E-state index in [4.69, 9.17) is 28.3 Å². The van der Waals surface area contributed by atoms with Gasteiger partial charge >= 0.3 is 0 Å². The Hall–Kier alpha value is -1.49. The Bertz CT molecular complexity index is 866. The minimum Gasteiger partial charge on any atom is -0.369 e. The zero-order chi connectivity index (χ0) is 15.3. The number of nitrogens with zero attached hydrogens (tertiary/aromatic N) is 2. The number of aryl methyl sites for hydroxylation is 1. The summed E-state index contributed by atoms with van der Waals surface area (Å²) in [6.45, 7) is 2.98. The molecule has 6 heteroatoms. The molecule has 3 nitrogen and oxygen atoms in total. The molecular weight excluding hydrogens is 337 g/mol. The van der Waals surface area contributed by atoms with Gasteiger partial charge in [0.05, 0.1) is 14.9 Å². The van der Waals surface area contributed by atoms with Crippen molar-refractivity contribution in [1.29, 1.82) is 0 Å². The van der Waals surface area contributed by atoms with Crippen LogP contribution in [0.2, 0.25) is 9.36 Å². The summed E-state index contributed by atoms with van der Waals surface area (Å²) in [5.41, 5.74) is 4.42. The van der Waals surface area contributed by atoms with Crippen LogP contribution in [0.5, 0.6) is 0 Å². The number of hydrogen-bond acceptors (Lipinski definition) is 3. The number of aromatic nitrogens is 2. The van der Waals surface area contributed by atoms with Crippen LogP contribution in [0, 0.1) is 6.92 Å². The van der Waals surface area contributed by atoms with Crippen molar-refractivity contribution >= 4 is 40.4 Å². The summed E-state index contributed by atoms with van der Waals surface area (Å²) in [5.74, 6) is 1.07. The van der Waals surface area contributed by atoms with Crippen molar-refractivity contribution in [2.45, 2.75) is 13.3 Å². The second-order valence-corrected chi connectivity index (χ2v) is 7.45. The van der Waals surface area contributed by atoms with Crippen LogP contribution in [0.4, 0.5) is 5.82 Å². The minimum absolute atomic E-state index is 0.739. The average Bonchev–Trinajstić information content (AvgIpc) is 3.15. The Balaban J connectivity index is 1.91. The maximum Gasteiger partial charge on any atom is 0.133 e. The first-order valence-corrected chi connectivity index (χ1v) is 8.59. The molecule has 0 spiro atoms. The molecule has 4 rings (SSSR count). The Morgan fingerprint density at radius 2 is 2.09 bits per heavy atom. The molecule has 112 valence electrons. The van der Waals surface area contributed by atoms with Gasteiger partial charge in [-0.3, -0.25) is 0 Å². The van der Waals surface area contributed by atoms with E-state index in [1.807, 2.05) is 41.9 Å². The molecule has 1 aliphatic rings. The first kappa shape index (κ1) is 14.1. The van der Waals surface area contributed by atoms with E-state index in [0.29, 0.717) is 0 Å². The normalized spacial score (nSPS) is 13.2. The van der Waals surface area contributed by atoms with Gasteiger partial charge in [-0.1, -0.05) is 23.2 Å². The molecule has 1 N–H and O–H groups in total. The topological polar surface area (TPSA) is 29.9 Å². The van der Waals surface area contributed by atoms with Crippen molar-refractivity contribution in [2.24, 2.45) is 0 Å². The molecule has 0 saturated heterocycles. The summed E-state index contributed by atoms with van der Waals surface area (Å²) in [4.78, 5) is 1.11. The maximum absolute atomic E-state index is 6.08. The fourth-order valence-corrected chi connectivity index (χ4v) is 4.13. The number of benzene rings is 1. The molecule has 0 amide bonds. The predicted octanol–water partition coefficient (Wildman–Crippen LogP) is 5.18. The van der Waals surface area contributed by atoms with Crippen molar-refractivity contribution in [1.82, 2.24) is 9.78 Å². The van der Waals surface area contributed by atoms with E-state index in [1.54, 1.807) is 11.3 Å². The Morgan fingerprint density at radius 3 is 2.82 bits per heavy atom. The van der Waals surface area contributed by atoms with E-state index in [2.05, 4.69) is 5.32 Å². The number of halogens is 2. The van der Waals surface area contributed by atoms with Gasteiger partial charge in [-0.25, -0.2) is 4.68 Å². The van der Waals surface area contributed by atoms with Crippen molar-refractivity contribution < 1.29 is 0 Å². The number of fused-ring (bicyclic) bond motifs is 1. The summed E-state index contributed by atoms with van der Waals surface area (Å²) in [7, 11) is 0. The van der Waals surface area contributed by atoms with Gasteiger partial charge in [0.2, 0.25) is 0 Å². The predicted molar refractivity (Wildman–Crippen MR) is 93.8 cm³/mol. The van der Waals surface area contributed by atoms with Crippen molar-refractivity contribution in [3.63, 3.8) is 0 Å². The zero-order valence-electron chi connectivity index (χ0n) is 11.9. The zero-order valence-corrected chi connectivity index (χ0v) is 14.2. The Kier molecular flexibility index (Phi) is 3.40. The lowest BCUT2D eigenvalue weighted by Gasteiger charge is -2.09. The third-order valence-corrected chi connectivity index (χ3v) is 5.32. The van der Waals surface area contributed by atoms with E-state index in [0.717, 1.165) is 50.0 Å². The SMILES string of the molecule is Cc1cc(Cl)ccc1-n1nc(-c2ccc(Cl)s2)c2c1NCC2. The molecule has 3 heterocycles. The van der Waals surface area contributed by atoms with Gasteiger partial charge in [0, 0.05) is 17.1 Å². The van der Waals surface area contributed by atoms with Gasteiger partial charge in [0.15, 0.2) is 0 Å². The Labute approximate surface area is 142 Å². The summed E-state index contributed by atoms with van der Waals surface area (Å²) in [6.07, 6.45) is 0.979. The third kappa shape index (κ3) is 2.22. The van der Waals surface area contributed by atoms with E-state index in [-0.39, 0.29) is 0 Å². The molecule has 0 unspecified atom stereocenters. The number of thiophene rings is 1.